The zero-order valence-corrected chi connectivity index (χ0v) is 7.27. The maximum atomic E-state index is 2.23. The van der Waals surface area contributed by atoms with E-state index in [9.17, 15) is 0 Å². The molecular formula is C10H10S. The number of hydrogen-bond acceptors (Lipinski definition) is 1. The van der Waals surface area contributed by atoms with E-state index >= 15 is 0 Å². The summed E-state index contributed by atoms with van der Waals surface area (Å²) in [6.45, 7) is 2.20. The topological polar surface area (TPSA) is 0 Å². The van der Waals surface area contributed by atoms with Crippen molar-refractivity contribution in [3.8, 4) is 0 Å². The molecule has 1 heteroatoms. The van der Waals surface area contributed by atoms with E-state index in [1.54, 1.807) is 11.3 Å². The molecule has 56 valence electrons. The molecule has 1 aromatic rings. The van der Waals surface area contributed by atoms with E-state index in [2.05, 4.69) is 42.7 Å². The Morgan fingerprint density at radius 1 is 1.27 bits per heavy atom. The van der Waals surface area contributed by atoms with Crippen LogP contribution < -0.4 is 0 Å². The van der Waals surface area contributed by atoms with Gasteiger partial charge in [-0.15, -0.1) is 11.3 Å². The third-order valence-electron chi connectivity index (χ3n) is 1.86. The van der Waals surface area contributed by atoms with Crippen molar-refractivity contribution in [1.29, 1.82) is 0 Å². The van der Waals surface area contributed by atoms with Crippen LogP contribution >= 0.6 is 11.3 Å². The number of rotatable bonds is 0. The fourth-order valence-electron chi connectivity index (χ4n) is 1.16. The zero-order valence-electron chi connectivity index (χ0n) is 6.45. The van der Waals surface area contributed by atoms with Crippen molar-refractivity contribution >= 4 is 23.5 Å². The molecule has 0 N–H and O–H groups in total. The van der Waals surface area contributed by atoms with Gasteiger partial charge in [-0.3, -0.25) is 0 Å². The smallest absolute Gasteiger partial charge is 0.0339 e. The Morgan fingerprint density at radius 3 is 3.00 bits per heavy atom. The van der Waals surface area contributed by atoms with Crippen LogP contribution in [0.2, 0.25) is 0 Å². The molecule has 0 spiro atoms. The lowest BCUT2D eigenvalue weighted by molar-refractivity contribution is 0.954. The van der Waals surface area contributed by atoms with Crippen LogP contribution in [0.3, 0.4) is 0 Å². The summed E-state index contributed by atoms with van der Waals surface area (Å²) in [5.41, 5.74) is 1.36. The number of fused-ring (bicyclic) bond motifs is 1. The highest BCUT2D eigenvalue weighted by Gasteiger charge is 2.01. The van der Waals surface area contributed by atoms with E-state index < -0.39 is 0 Å². The Bertz CT molecular complexity index is 276. The lowest BCUT2D eigenvalue weighted by Crippen LogP contribution is -1.77. The highest BCUT2D eigenvalue weighted by molar-refractivity contribution is 7.11. The standard InChI is InChI=1S/C10H10S/c1-8-2-4-9-6-7-11-10(9)5-3-8/h2-8H,1H3. The summed E-state index contributed by atoms with van der Waals surface area (Å²) in [7, 11) is 0. The monoisotopic (exact) mass is 162 g/mol. The molecule has 0 aromatic carbocycles. The lowest BCUT2D eigenvalue weighted by Gasteiger charge is -1.91. The normalized spacial score (nSPS) is 21.4. The van der Waals surface area contributed by atoms with E-state index in [0.717, 1.165) is 0 Å². The molecule has 0 fully saturated rings. The molecule has 1 aliphatic carbocycles. The second-order valence-corrected chi connectivity index (χ2v) is 3.77. The van der Waals surface area contributed by atoms with Crippen LogP contribution in [0, 0.1) is 5.92 Å². The van der Waals surface area contributed by atoms with Gasteiger partial charge in [-0.1, -0.05) is 25.2 Å². The molecule has 0 saturated heterocycles. The fourth-order valence-corrected chi connectivity index (χ4v) is 1.95. The first-order chi connectivity index (χ1) is 5.36. The predicted molar refractivity (Wildman–Crippen MR) is 51.6 cm³/mol. The maximum absolute atomic E-state index is 2.23. The van der Waals surface area contributed by atoms with Gasteiger partial charge in [0.05, 0.1) is 0 Å². The summed E-state index contributed by atoms with van der Waals surface area (Å²) in [6, 6.07) is 2.17. The van der Waals surface area contributed by atoms with Crippen LogP contribution in [0.1, 0.15) is 17.4 Å². The summed E-state index contributed by atoms with van der Waals surface area (Å²) in [6.07, 6.45) is 8.88. The van der Waals surface area contributed by atoms with Gasteiger partial charge in [0.1, 0.15) is 0 Å². The second kappa shape index (κ2) is 2.67. The Labute approximate surface area is 70.9 Å². The average molecular weight is 162 g/mol. The molecular weight excluding hydrogens is 152 g/mol. The number of allylic oxidation sites excluding steroid dienone is 2. The first kappa shape index (κ1) is 6.86. The Balaban J connectivity index is 2.48. The van der Waals surface area contributed by atoms with E-state index in [4.69, 9.17) is 0 Å². The molecule has 2 rings (SSSR count). The summed E-state index contributed by atoms with van der Waals surface area (Å²) < 4.78 is 0. The maximum Gasteiger partial charge on any atom is 0.0339 e. The molecule has 0 nitrogen and oxygen atoms in total. The highest BCUT2D eigenvalue weighted by Crippen LogP contribution is 2.24. The van der Waals surface area contributed by atoms with E-state index in [1.165, 1.54) is 10.4 Å². The van der Waals surface area contributed by atoms with Crippen molar-refractivity contribution < 1.29 is 0 Å². The van der Waals surface area contributed by atoms with E-state index in [-0.39, 0.29) is 0 Å². The quantitative estimate of drug-likeness (QED) is 0.548. The van der Waals surface area contributed by atoms with Gasteiger partial charge in [0.2, 0.25) is 0 Å². The molecule has 0 radical (unpaired) electrons. The van der Waals surface area contributed by atoms with Crippen LogP contribution in [0.4, 0.5) is 0 Å². The zero-order chi connectivity index (χ0) is 7.68. The van der Waals surface area contributed by atoms with Crippen LogP contribution in [0.5, 0.6) is 0 Å². The van der Waals surface area contributed by atoms with Crippen molar-refractivity contribution in [2.75, 3.05) is 0 Å². The molecule has 1 aromatic heterocycles. The van der Waals surface area contributed by atoms with Crippen molar-refractivity contribution in [2.45, 2.75) is 6.92 Å². The predicted octanol–water partition coefficient (Wildman–Crippen LogP) is 3.42. The van der Waals surface area contributed by atoms with Gasteiger partial charge in [-0.05, 0) is 29.0 Å². The summed E-state index contributed by atoms with van der Waals surface area (Å²) >= 11 is 1.80. The first-order valence-corrected chi connectivity index (χ1v) is 4.68. The molecule has 1 aliphatic rings. The van der Waals surface area contributed by atoms with Gasteiger partial charge in [0.25, 0.3) is 0 Å². The number of hydrogen-bond donors (Lipinski definition) is 0. The average Bonchev–Trinajstić information content (AvgIpc) is 2.38. The van der Waals surface area contributed by atoms with Gasteiger partial charge < -0.3 is 0 Å². The van der Waals surface area contributed by atoms with Crippen molar-refractivity contribution in [3.63, 3.8) is 0 Å². The first-order valence-electron chi connectivity index (χ1n) is 3.80. The molecule has 1 unspecified atom stereocenters. The Kier molecular flexibility index (Phi) is 1.66. The molecule has 1 heterocycles. The van der Waals surface area contributed by atoms with Gasteiger partial charge in [-0.2, -0.15) is 0 Å². The van der Waals surface area contributed by atoms with Crippen LogP contribution in [-0.2, 0) is 0 Å². The van der Waals surface area contributed by atoms with Crippen molar-refractivity contribution in [3.05, 3.63) is 34.0 Å². The Hall–Kier alpha value is -0.820. The van der Waals surface area contributed by atoms with Gasteiger partial charge in [0, 0.05) is 4.88 Å². The fraction of sp³-hybridized carbons (Fsp3) is 0.200. The minimum absolute atomic E-state index is 0.578. The molecule has 1 atom stereocenters. The van der Waals surface area contributed by atoms with Gasteiger partial charge in [0.15, 0.2) is 0 Å². The lowest BCUT2D eigenvalue weighted by atomic mass is 10.1. The summed E-state index contributed by atoms with van der Waals surface area (Å²) in [5, 5.41) is 2.13. The second-order valence-electron chi connectivity index (χ2n) is 2.82. The van der Waals surface area contributed by atoms with Crippen LogP contribution in [-0.4, -0.2) is 0 Å². The number of thiophene rings is 1. The molecule has 0 amide bonds. The third kappa shape index (κ3) is 1.29. The van der Waals surface area contributed by atoms with Crippen LogP contribution in [0.25, 0.3) is 12.2 Å². The van der Waals surface area contributed by atoms with E-state index in [1.807, 2.05) is 0 Å². The minimum Gasteiger partial charge on any atom is -0.144 e. The van der Waals surface area contributed by atoms with E-state index in [0.29, 0.717) is 5.92 Å². The SMILES string of the molecule is CC1C=Cc2ccsc2C=C1. The largest absolute Gasteiger partial charge is 0.144 e. The van der Waals surface area contributed by atoms with Gasteiger partial charge in [-0.25, -0.2) is 0 Å². The molecule has 0 aliphatic heterocycles. The third-order valence-corrected chi connectivity index (χ3v) is 2.76. The summed E-state index contributed by atoms with van der Waals surface area (Å²) in [5.74, 6) is 0.578. The van der Waals surface area contributed by atoms with Crippen molar-refractivity contribution in [1.82, 2.24) is 0 Å². The van der Waals surface area contributed by atoms with Gasteiger partial charge >= 0.3 is 0 Å². The molecule has 0 saturated carbocycles. The van der Waals surface area contributed by atoms with Crippen LogP contribution in [0.15, 0.2) is 23.6 Å². The van der Waals surface area contributed by atoms with Crippen molar-refractivity contribution in [2.24, 2.45) is 5.92 Å². The minimum atomic E-state index is 0.578. The molecule has 11 heavy (non-hydrogen) atoms. The Morgan fingerprint density at radius 2 is 2.09 bits per heavy atom. The molecule has 0 bridgehead atoms. The highest BCUT2D eigenvalue weighted by atomic mass is 32.1. The summed E-state index contributed by atoms with van der Waals surface area (Å²) in [4.78, 5) is 1.38.